The summed E-state index contributed by atoms with van der Waals surface area (Å²) >= 11 is 0. The third-order valence-electron chi connectivity index (χ3n) is 6.14. The van der Waals surface area contributed by atoms with Crippen LogP contribution >= 0.6 is 0 Å². The van der Waals surface area contributed by atoms with Gasteiger partial charge in [-0.15, -0.1) is 0 Å². The Balaban J connectivity index is 2.06. The minimum Gasteiger partial charge on any atom is -0.308 e. The van der Waals surface area contributed by atoms with E-state index in [-0.39, 0.29) is 11.8 Å². The second kappa shape index (κ2) is 5.97. The van der Waals surface area contributed by atoms with E-state index in [9.17, 15) is 10.5 Å². The van der Waals surface area contributed by atoms with Crippen LogP contribution in [0.4, 0.5) is 0 Å². The van der Waals surface area contributed by atoms with Crippen molar-refractivity contribution in [3.8, 4) is 12.1 Å². The first-order valence-corrected chi connectivity index (χ1v) is 10.1. The summed E-state index contributed by atoms with van der Waals surface area (Å²) in [6.07, 6.45) is 0. The van der Waals surface area contributed by atoms with Crippen LogP contribution in [0.15, 0.2) is 42.5 Å². The Morgan fingerprint density at radius 2 is 1.14 bits per heavy atom. The van der Waals surface area contributed by atoms with Crippen molar-refractivity contribution >= 4 is 38.1 Å². The lowest BCUT2D eigenvalue weighted by Crippen LogP contribution is -1.95. The third kappa shape index (κ3) is 2.22. The lowest BCUT2D eigenvalue weighted by atomic mass is 9.94. The van der Waals surface area contributed by atoms with Crippen molar-refractivity contribution in [3.05, 3.63) is 64.7 Å². The number of nitrogens with zero attached hydrogens (tertiary/aromatic N) is 3. The number of hydrogen-bond acceptors (Lipinski definition) is 2. The van der Waals surface area contributed by atoms with E-state index in [0.29, 0.717) is 0 Å². The summed E-state index contributed by atoms with van der Waals surface area (Å²) < 4.78 is 2.24. The number of nitriles is 2. The molecule has 0 aliphatic rings. The van der Waals surface area contributed by atoms with Gasteiger partial charge in [0.25, 0.3) is 0 Å². The van der Waals surface area contributed by atoms with Gasteiger partial charge < -0.3 is 4.40 Å². The fraction of sp³-hybridized carbons (Fsp3) is 0.231. The Hall–Kier alpha value is -3.56. The maximum absolute atomic E-state index is 9.75. The first kappa shape index (κ1) is 17.5. The molecule has 0 fully saturated rings. The molecule has 3 aromatic carbocycles. The van der Waals surface area contributed by atoms with Crippen molar-refractivity contribution in [1.29, 1.82) is 10.5 Å². The van der Waals surface area contributed by atoms with Gasteiger partial charge in [0.05, 0.1) is 39.8 Å². The van der Waals surface area contributed by atoms with Crippen LogP contribution < -0.4 is 0 Å². The highest BCUT2D eigenvalue weighted by atomic mass is 14.9. The number of rotatable bonds is 2. The molecule has 29 heavy (non-hydrogen) atoms. The molecule has 0 aliphatic heterocycles. The van der Waals surface area contributed by atoms with Crippen LogP contribution in [-0.2, 0) is 0 Å². The number of hydrogen-bond donors (Lipinski definition) is 0. The van der Waals surface area contributed by atoms with Crippen LogP contribution in [0.3, 0.4) is 0 Å². The predicted molar refractivity (Wildman–Crippen MR) is 119 cm³/mol. The standard InChI is InChI=1S/C26H21N3/c1-14(2)20-10-22-18-6-5-7-19-23-11-21(15(3)4)17(13-28)9-25(23)29(26(18)19)24(22)8-16(20)12-27/h5-11,14-15H,1-4H3. The highest BCUT2D eigenvalue weighted by Crippen LogP contribution is 2.41. The van der Waals surface area contributed by atoms with Gasteiger partial charge in [-0.2, -0.15) is 10.5 Å². The Bertz CT molecular complexity index is 1410. The van der Waals surface area contributed by atoms with Crippen molar-refractivity contribution in [2.24, 2.45) is 0 Å². The summed E-state index contributed by atoms with van der Waals surface area (Å²) in [5.41, 5.74) is 6.85. The van der Waals surface area contributed by atoms with Crippen molar-refractivity contribution in [3.63, 3.8) is 0 Å². The minimum atomic E-state index is 0.282. The Kier molecular flexibility index (Phi) is 3.61. The highest BCUT2D eigenvalue weighted by molar-refractivity contribution is 6.23. The van der Waals surface area contributed by atoms with Gasteiger partial charge in [0, 0.05) is 21.5 Å². The molecule has 5 rings (SSSR count). The Morgan fingerprint density at radius 3 is 1.52 bits per heavy atom. The Morgan fingerprint density at radius 1 is 0.690 bits per heavy atom. The molecule has 3 heteroatoms. The van der Waals surface area contributed by atoms with Gasteiger partial charge in [-0.3, -0.25) is 0 Å². The first-order valence-electron chi connectivity index (χ1n) is 10.1. The molecule has 0 saturated carbocycles. The zero-order valence-electron chi connectivity index (χ0n) is 17.0. The third-order valence-corrected chi connectivity index (χ3v) is 6.14. The van der Waals surface area contributed by atoms with Gasteiger partial charge >= 0.3 is 0 Å². The zero-order valence-corrected chi connectivity index (χ0v) is 17.0. The molecule has 0 radical (unpaired) electrons. The largest absolute Gasteiger partial charge is 0.308 e. The molecule has 0 atom stereocenters. The average Bonchev–Trinajstić information content (AvgIpc) is 3.22. The number of benzene rings is 3. The van der Waals surface area contributed by atoms with Gasteiger partial charge in [0.1, 0.15) is 0 Å². The van der Waals surface area contributed by atoms with Crippen LogP contribution in [0.2, 0.25) is 0 Å². The van der Waals surface area contributed by atoms with Gasteiger partial charge in [-0.1, -0.05) is 45.9 Å². The molecule has 2 aromatic heterocycles. The Labute approximate surface area is 169 Å². The molecule has 0 saturated heterocycles. The lowest BCUT2D eigenvalue weighted by Gasteiger charge is -2.10. The van der Waals surface area contributed by atoms with E-state index in [1.807, 2.05) is 12.1 Å². The zero-order chi connectivity index (χ0) is 20.4. The fourth-order valence-electron chi connectivity index (χ4n) is 4.75. The average molecular weight is 375 g/mol. The molecular formula is C26H21N3. The van der Waals surface area contributed by atoms with Gasteiger partial charge in [0.15, 0.2) is 0 Å². The molecule has 0 unspecified atom stereocenters. The van der Waals surface area contributed by atoms with E-state index < -0.39 is 0 Å². The van der Waals surface area contributed by atoms with Crippen molar-refractivity contribution in [2.75, 3.05) is 0 Å². The summed E-state index contributed by atoms with van der Waals surface area (Å²) in [7, 11) is 0. The topological polar surface area (TPSA) is 52.0 Å². The summed E-state index contributed by atoms with van der Waals surface area (Å²) in [4.78, 5) is 0. The molecular weight excluding hydrogens is 354 g/mol. The van der Waals surface area contributed by atoms with Crippen LogP contribution in [-0.4, -0.2) is 4.40 Å². The van der Waals surface area contributed by atoms with Crippen LogP contribution in [0, 0.1) is 22.7 Å². The fourth-order valence-corrected chi connectivity index (χ4v) is 4.75. The first-order chi connectivity index (χ1) is 14.0. The SMILES string of the molecule is CC(C)c1cc2c3cccc4c5cc(C(C)C)c(C#N)cc5n(c2cc1C#N)c34. The quantitative estimate of drug-likeness (QED) is 0.340. The van der Waals surface area contributed by atoms with Crippen molar-refractivity contribution in [2.45, 2.75) is 39.5 Å². The molecule has 0 bridgehead atoms. The number of para-hydroxylation sites is 1. The van der Waals surface area contributed by atoms with E-state index >= 15 is 0 Å². The van der Waals surface area contributed by atoms with Crippen LogP contribution in [0.5, 0.6) is 0 Å². The van der Waals surface area contributed by atoms with Crippen LogP contribution in [0.1, 0.15) is 61.8 Å². The second-order valence-electron chi connectivity index (χ2n) is 8.48. The molecule has 140 valence electrons. The van der Waals surface area contributed by atoms with E-state index in [1.165, 1.54) is 27.1 Å². The number of fused-ring (bicyclic) bond motifs is 6. The van der Waals surface area contributed by atoms with E-state index in [0.717, 1.165) is 33.3 Å². The molecule has 0 aliphatic carbocycles. The normalized spacial score (nSPS) is 12.0. The van der Waals surface area contributed by atoms with Crippen molar-refractivity contribution < 1.29 is 0 Å². The molecule has 0 spiro atoms. The monoisotopic (exact) mass is 375 g/mol. The lowest BCUT2D eigenvalue weighted by molar-refractivity contribution is 0.864. The summed E-state index contributed by atoms with van der Waals surface area (Å²) in [6, 6.07) is 19.6. The van der Waals surface area contributed by atoms with Gasteiger partial charge in [0.2, 0.25) is 0 Å². The molecule has 0 N–H and O–H groups in total. The van der Waals surface area contributed by atoms with Crippen molar-refractivity contribution in [1.82, 2.24) is 4.40 Å². The van der Waals surface area contributed by atoms with Crippen LogP contribution in [0.25, 0.3) is 38.1 Å². The van der Waals surface area contributed by atoms with E-state index in [1.54, 1.807) is 0 Å². The van der Waals surface area contributed by atoms with Gasteiger partial charge in [-0.25, -0.2) is 0 Å². The smallest absolute Gasteiger partial charge is 0.0995 e. The summed E-state index contributed by atoms with van der Waals surface area (Å²) in [5.74, 6) is 0.564. The predicted octanol–water partition coefficient (Wildman–Crippen LogP) is 6.83. The number of aromatic nitrogens is 1. The van der Waals surface area contributed by atoms with E-state index in [4.69, 9.17) is 0 Å². The maximum atomic E-state index is 9.75. The molecule has 5 aromatic rings. The second-order valence-corrected chi connectivity index (χ2v) is 8.48. The minimum absolute atomic E-state index is 0.282. The maximum Gasteiger partial charge on any atom is 0.0995 e. The molecule has 2 heterocycles. The highest BCUT2D eigenvalue weighted by Gasteiger charge is 2.21. The molecule has 0 amide bonds. The van der Waals surface area contributed by atoms with Gasteiger partial charge in [-0.05, 0) is 47.2 Å². The summed E-state index contributed by atoms with van der Waals surface area (Å²) in [6.45, 7) is 8.50. The molecule has 3 nitrogen and oxygen atoms in total. The summed E-state index contributed by atoms with van der Waals surface area (Å²) in [5, 5.41) is 24.2. The van der Waals surface area contributed by atoms with E-state index in [2.05, 4.69) is 74.6 Å².